The van der Waals surface area contributed by atoms with E-state index in [0.717, 1.165) is 47.1 Å². The first-order valence-corrected chi connectivity index (χ1v) is 15.0. The van der Waals surface area contributed by atoms with Crippen molar-refractivity contribution in [3.63, 3.8) is 0 Å². The Kier molecular flexibility index (Phi) is 7.08. The third kappa shape index (κ3) is 5.13. The molecule has 3 aliphatic rings. The van der Waals surface area contributed by atoms with E-state index in [2.05, 4.69) is 20.5 Å². The van der Waals surface area contributed by atoms with Gasteiger partial charge in [-0.3, -0.25) is 19.5 Å². The first kappa shape index (κ1) is 27.2. The van der Waals surface area contributed by atoms with Crippen LogP contribution in [0.25, 0.3) is 11.0 Å². The minimum absolute atomic E-state index is 0.124. The van der Waals surface area contributed by atoms with E-state index < -0.39 is 5.92 Å². The fourth-order valence-corrected chi connectivity index (χ4v) is 6.68. The zero-order chi connectivity index (χ0) is 29.5. The number of pyridine rings is 1. The second-order valence-electron chi connectivity index (χ2n) is 11.7. The van der Waals surface area contributed by atoms with E-state index in [1.54, 1.807) is 15.9 Å². The number of hydrogen-bond acceptors (Lipinski definition) is 6. The molecule has 0 spiro atoms. The summed E-state index contributed by atoms with van der Waals surface area (Å²) in [4.78, 5) is 49.0. The third-order valence-electron chi connectivity index (χ3n) is 8.98. The van der Waals surface area contributed by atoms with Gasteiger partial charge in [-0.05, 0) is 61.6 Å². The van der Waals surface area contributed by atoms with Gasteiger partial charge in [0.1, 0.15) is 17.1 Å². The Morgan fingerprint density at radius 2 is 1.86 bits per heavy atom. The zero-order valence-corrected chi connectivity index (χ0v) is 24.2. The summed E-state index contributed by atoms with van der Waals surface area (Å²) in [5, 5.41) is 11.4. The van der Waals surface area contributed by atoms with Gasteiger partial charge in [0, 0.05) is 68.5 Å². The van der Waals surface area contributed by atoms with Crippen LogP contribution in [0.15, 0.2) is 48.7 Å². The van der Waals surface area contributed by atoms with Gasteiger partial charge < -0.3 is 24.4 Å². The lowest BCUT2D eigenvalue weighted by Gasteiger charge is -2.24. The van der Waals surface area contributed by atoms with Crippen LogP contribution in [0.5, 0.6) is 5.75 Å². The molecule has 1 fully saturated rings. The van der Waals surface area contributed by atoms with Crippen molar-refractivity contribution in [1.82, 2.24) is 34.9 Å². The van der Waals surface area contributed by atoms with Crippen LogP contribution in [0.4, 0.5) is 0 Å². The molecule has 43 heavy (non-hydrogen) atoms. The topological polar surface area (TPSA) is 125 Å². The second kappa shape index (κ2) is 11.2. The predicted octanol–water partition coefficient (Wildman–Crippen LogP) is 2.68. The Morgan fingerprint density at radius 1 is 0.977 bits per heavy atom. The number of fused-ring (bicyclic) bond motifs is 6. The lowest BCUT2D eigenvalue weighted by Crippen LogP contribution is -2.42. The molecule has 11 nitrogen and oxygen atoms in total. The number of aryl methyl sites for hydroxylation is 2. The highest BCUT2D eigenvalue weighted by molar-refractivity contribution is 5.96. The minimum Gasteiger partial charge on any atom is -0.494 e. The van der Waals surface area contributed by atoms with Crippen molar-refractivity contribution in [2.75, 3.05) is 39.3 Å². The van der Waals surface area contributed by atoms with Gasteiger partial charge in [-0.1, -0.05) is 12.1 Å². The summed E-state index contributed by atoms with van der Waals surface area (Å²) in [6, 6.07) is 13.4. The number of rotatable bonds is 2. The lowest BCUT2D eigenvalue weighted by atomic mass is 9.88. The maximum absolute atomic E-state index is 13.7. The highest BCUT2D eigenvalue weighted by Crippen LogP contribution is 2.35. The molecule has 1 aliphatic carbocycles. The van der Waals surface area contributed by atoms with E-state index in [4.69, 9.17) is 4.74 Å². The fourth-order valence-electron chi connectivity index (χ4n) is 6.68. The summed E-state index contributed by atoms with van der Waals surface area (Å²) in [5.41, 5.74) is 4.61. The standard InChI is InChI=1S/C32H35N7O4/c1-37-14-11-20-9-10-27(34-29(20)37)31(41)39-18-24-21-5-2-6-22(17-21)43-16-4-13-38(15-12-33-30(40)25(24)19-39)32(42)28-23-7-3-8-26(23)35-36-28/h2,5-6,9-11,14,17,24-25H,3-4,7-8,12-13,15-16,18-19H2,1H3,(H,33,40)(H,35,36)/t24-,25+/m1/s1. The molecule has 2 aliphatic heterocycles. The molecule has 4 aromatic rings. The van der Waals surface area contributed by atoms with Crippen molar-refractivity contribution in [1.29, 1.82) is 0 Å². The number of likely N-dealkylation sites (tertiary alicyclic amines) is 1. The van der Waals surface area contributed by atoms with Gasteiger partial charge in [0.15, 0.2) is 5.69 Å². The quantitative estimate of drug-likeness (QED) is 0.375. The number of amides is 3. The van der Waals surface area contributed by atoms with Crippen LogP contribution in [0, 0.1) is 5.92 Å². The van der Waals surface area contributed by atoms with E-state index in [1.165, 1.54) is 0 Å². The lowest BCUT2D eigenvalue weighted by molar-refractivity contribution is -0.125. The SMILES string of the molecule is Cn1ccc2ccc(C(=O)N3C[C@@H]4C(=O)NCCN(C(=O)c5n[nH]c6c5CCC6)CCCOc5cccc(c5)[C@H]4C3)nc21. The highest BCUT2D eigenvalue weighted by atomic mass is 16.5. The normalized spacial score (nSPS) is 20.7. The monoisotopic (exact) mass is 581 g/mol. The van der Waals surface area contributed by atoms with Crippen LogP contribution in [0.2, 0.25) is 0 Å². The molecule has 0 saturated carbocycles. The molecule has 11 heteroatoms. The predicted molar refractivity (Wildman–Crippen MR) is 159 cm³/mol. The Hall–Kier alpha value is -4.67. The van der Waals surface area contributed by atoms with Gasteiger partial charge in [0.2, 0.25) is 5.91 Å². The number of carbonyl (C=O) groups is 3. The minimum atomic E-state index is -0.459. The molecule has 222 valence electrons. The molecule has 2 N–H and O–H groups in total. The van der Waals surface area contributed by atoms with Crippen molar-refractivity contribution >= 4 is 28.8 Å². The number of carbonyl (C=O) groups excluding carboxylic acids is 3. The number of ether oxygens (including phenoxy) is 1. The van der Waals surface area contributed by atoms with Crippen molar-refractivity contribution < 1.29 is 19.1 Å². The number of H-pyrrole nitrogens is 1. The van der Waals surface area contributed by atoms with Crippen LogP contribution < -0.4 is 10.1 Å². The zero-order valence-electron chi connectivity index (χ0n) is 24.2. The molecule has 7 rings (SSSR count). The average Bonchev–Trinajstić information content (AvgIpc) is 3.82. The number of benzene rings is 1. The molecular weight excluding hydrogens is 546 g/mol. The van der Waals surface area contributed by atoms with Crippen LogP contribution in [0.1, 0.15) is 56.6 Å². The molecule has 0 radical (unpaired) electrons. The van der Waals surface area contributed by atoms with Crippen LogP contribution >= 0.6 is 0 Å². The molecule has 0 unspecified atom stereocenters. The smallest absolute Gasteiger partial charge is 0.274 e. The summed E-state index contributed by atoms with van der Waals surface area (Å²) in [7, 11) is 1.90. The van der Waals surface area contributed by atoms with E-state index in [9.17, 15) is 14.4 Å². The number of hydrogen-bond donors (Lipinski definition) is 2. The number of aromatic amines is 1. The maximum atomic E-state index is 13.7. The highest BCUT2D eigenvalue weighted by Gasteiger charge is 2.41. The van der Waals surface area contributed by atoms with Crippen LogP contribution in [-0.2, 0) is 24.7 Å². The van der Waals surface area contributed by atoms with Gasteiger partial charge in [-0.2, -0.15) is 5.10 Å². The van der Waals surface area contributed by atoms with E-state index in [-0.39, 0.29) is 30.2 Å². The van der Waals surface area contributed by atoms with Crippen LogP contribution in [-0.4, -0.2) is 86.6 Å². The summed E-state index contributed by atoms with van der Waals surface area (Å²) in [6.45, 7) is 2.27. The van der Waals surface area contributed by atoms with Crippen LogP contribution in [0.3, 0.4) is 0 Å². The average molecular weight is 582 g/mol. The van der Waals surface area contributed by atoms with Crippen molar-refractivity contribution in [3.05, 3.63) is 76.9 Å². The largest absolute Gasteiger partial charge is 0.494 e. The third-order valence-corrected chi connectivity index (χ3v) is 8.98. The number of nitrogens with zero attached hydrogens (tertiary/aromatic N) is 5. The second-order valence-corrected chi connectivity index (χ2v) is 11.7. The van der Waals surface area contributed by atoms with Gasteiger partial charge in [0.05, 0.1) is 12.5 Å². The maximum Gasteiger partial charge on any atom is 0.274 e. The summed E-state index contributed by atoms with van der Waals surface area (Å²) in [5.74, 6) is -0.420. The first-order chi connectivity index (χ1) is 21.0. The fraction of sp³-hybridized carbons (Fsp3) is 0.406. The summed E-state index contributed by atoms with van der Waals surface area (Å²) < 4.78 is 7.98. The molecule has 3 aromatic heterocycles. The van der Waals surface area contributed by atoms with Gasteiger partial charge >= 0.3 is 0 Å². The van der Waals surface area contributed by atoms with Gasteiger partial charge in [0.25, 0.3) is 11.8 Å². The van der Waals surface area contributed by atoms with Gasteiger partial charge in [-0.25, -0.2) is 4.98 Å². The van der Waals surface area contributed by atoms with Crippen molar-refractivity contribution in [2.45, 2.75) is 31.6 Å². The Balaban J connectivity index is 1.13. The molecule has 1 aromatic carbocycles. The van der Waals surface area contributed by atoms with Gasteiger partial charge in [-0.15, -0.1) is 0 Å². The van der Waals surface area contributed by atoms with E-state index in [0.29, 0.717) is 56.3 Å². The Labute approximate surface area is 249 Å². The molecule has 2 atom stereocenters. The molecule has 1 saturated heterocycles. The molecule has 3 amide bonds. The Morgan fingerprint density at radius 3 is 2.77 bits per heavy atom. The number of nitrogens with one attached hydrogen (secondary N) is 2. The van der Waals surface area contributed by atoms with E-state index >= 15 is 0 Å². The Bertz CT molecular complexity index is 1710. The van der Waals surface area contributed by atoms with Crippen molar-refractivity contribution in [2.24, 2.45) is 13.0 Å². The summed E-state index contributed by atoms with van der Waals surface area (Å²) in [6.07, 6.45) is 5.34. The molecular formula is C32H35N7O4. The van der Waals surface area contributed by atoms with Crippen molar-refractivity contribution in [3.8, 4) is 5.75 Å². The first-order valence-electron chi connectivity index (χ1n) is 15.0. The van der Waals surface area contributed by atoms with E-state index in [1.807, 2.05) is 54.2 Å². The summed E-state index contributed by atoms with van der Waals surface area (Å²) >= 11 is 0. The number of aromatic nitrogens is 4. The molecule has 5 heterocycles. The molecule has 2 bridgehead atoms.